The van der Waals surface area contributed by atoms with E-state index in [4.69, 9.17) is 0 Å². The Hall–Kier alpha value is -3.62. The molecule has 0 saturated carbocycles. The average molecular weight is 344 g/mol. The Morgan fingerprint density at radius 3 is 2.68 bits per heavy atom. The molecule has 0 spiro atoms. The number of aromatic nitrogens is 2. The third-order valence-corrected chi connectivity index (χ3v) is 3.39. The number of benzene rings is 2. The predicted molar refractivity (Wildman–Crippen MR) is 84.5 cm³/mol. The van der Waals surface area contributed by atoms with Crippen LogP contribution in [0.5, 0.6) is 0 Å². The first-order valence-corrected chi connectivity index (χ1v) is 6.99. The molecule has 1 aromatic heterocycles. The van der Waals surface area contributed by atoms with Gasteiger partial charge in [0, 0.05) is 30.1 Å². The molecule has 0 radical (unpaired) electrons. The molecule has 7 nitrogen and oxygen atoms in total. The number of carbonyl (C=O) groups is 1. The van der Waals surface area contributed by atoms with Crippen LogP contribution in [0.25, 0.3) is 5.69 Å². The number of anilines is 1. The van der Waals surface area contributed by atoms with Crippen molar-refractivity contribution in [3.05, 3.63) is 82.4 Å². The summed E-state index contributed by atoms with van der Waals surface area (Å²) in [6.07, 6.45) is 4.35. The summed E-state index contributed by atoms with van der Waals surface area (Å²) in [5.74, 6) is -2.35. The van der Waals surface area contributed by atoms with Gasteiger partial charge in [0.2, 0.25) is 0 Å². The molecule has 1 amide bonds. The van der Waals surface area contributed by atoms with E-state index in [1.807, 2.05) is 0 Å². The summed E-state index contributed by atoms with van der Waals surface area (Å²) in [6, 6.07) is 6.38. The van der Waals surface area contributed by atoms with E-state index < -0.39 is 22.5 Å². The number of imidazole rings is 1. The van der Waals surface area contributed by atoms with E-state index in [2.05, 4.69) is 10.3 Å². The zero-order chi connectivity index (χ0) is 18.0. The van der Waals surface area contributed by atoms with Crippen molar-refractivity contribution < 1.29 is 18.5 Å². The van der Waals surface area contributed by atoms with E-state index in [0.717, 1.165) is 24.3 Å². The van der Waals surface area contributed by atoms with Crippen LogP contribution in [-0.2, 0) is 0 Å². The maximum absolute atomic E-state index is 13.6. The summed E-state index contributed by atoms with van der Waals surface area (Å²) in [6.45, 7) is 0. The molecule has 9 heteroatoms. The minimum atomic E-state index is -0.820. The van der Waals surface area contributed by atoms with Crippen LogP contribution in [0.3, 0.4) is 0 Å². The van der Waals surface area contributed by atoms with Crippen molar-refractivity contribution >= 4 is 17.3 Å². The van der Waals surface area contributed by atoms with Crippen LogP contribution in [0.15, 0.2) is 55.1 Å². The van der Waals surface area contributed by atoms with Gasteiger partial charge in [0.1, 0.15) is 17.3 Å². The van der Waals surface area contributed by atoms with Crippen LogP contribution in [-0.4, -0.2) is 20.4 Å². The minimum absolute atomic E-state index is 0.0702. The number of rotatable bonds is 4. The Morgan fingerprint density at radius 2 is 2.00 bits per heavy atom. The molecule has 0 aliphatic rings. The number of nitrogens with one attached hydrogen (secondary N) is 1. The van der Waals surface area contributed by atoms with E-state index in [1.165, 1.54) is 35.4 Å². The smallest absolute Gasteiger partial charge is 0.294 e. The Balaban J connectivity index is 1.95. The highest BCUT2D eigenvalue weighted by Crippen LogP contribution is 2.25. The molecule has 126 valence electrons. The van der Waals surface area contributed by atoms with Crippen molar-refractivity contribution in [2.45, 2.75) is 0 Å². The zero-order valence-electron chi connectivity index (χ0n) is 12.5. The number of hydrogen-bond acceptors (Lipinski definition) is 4. The van der Waals surface area contributed by atoms with Gasteiger partial charge in [-0.2, -0.15) is 0 Å². The van der Waals surface area contributed by atoms with Gasteiger partial charge in [-0.15, -0.1) is 0 Å². The van der Waals surface area contributed by atoms with Crippen LogP contribution in [0.1, 0.15) is 10.4 Å². The number of nitrogens with zero attached hydrogens (tertiary/aromatic N) is 3. The number of nitro groups is 1. The molecule has 0 atom stereocenters. The first kappa shape index (κ1) is 16.2. The second-order valence-corrected chi connectivity index (χ2v) is 5.01. The topological polar surface area (TPSA) is 90.1 Å². The van der Waals surface area contributed by atoms with Gasteiger partial charge in [-0.3, -0.25) is 14.9 Å². The molecule has 2 aromatic carbocycles. The molecular weight excluding hydrogens is 334 g/mol. The SMILES string of the molecule is O=C(Nc1cc(F)ccc1F)c1ccc(-n2ccnc2)c([N+](=O)[O-])c1. The van der Waals surface area contributed by atoms with Gasteiger partial charge in [-0.1, -0.05) is 0 Å². The molecule has 0 saturated heterocycles. The van der Waals surface area contributed by atoms with E-state index in [9.17, 15) is 23.7 Å². The van der Waals surface area contributed by atoms with Crippen molar-refractivity contribution in [1.29, 1.82) is 0 Å². The Labute approximate surface area is 139 Å². The van der Waals surface area contributed by atoms with E-state index in [1.54, 1.807) is 0 Å². The van der Waals surface area contributed by atoms with Crippen LogP contribution < -0.4 is 5.32 Å². The van der Waals surface area contributed by atoms with Gasteiger partial charge in [-0.25, -0.2) is 13.8 Å². The van der Waals surface area contributed by atoms with Gasteiger partial charge in [-0.05, 0) is 24.3 Å². The molecule has 3 aromatic rings. The first-order chi connectivity index (χ1) is 12.0. The molecular formula is C16H10F2N4O3. The summed E-state index contributed by atoms with van der Waals surface area (Å²) >= 11 is 0. The van der Waals surface area contributed by atoms with Crippen LogP contribution in [0.4, 0.5) is 20.2 Å². The number of halogens is 2. The van der Waals surface area contributed by atoms with Crippen molar-refractivity contribution in [2.24, 2.45) is 0 Å². The lowest BCUT2D eigenvalue weighted by atomic mass is 10.1. The summed E-state index contributed by atoms with van der Waals surface area (Å²) in [5, 5.41) is 13.5. The first-order valence-electron chi connectivity index (χ1n) is 6.99. The van der Waals surface area contributed by atoms with Gasteiger partial charge < -0.3 is 9.88 Å². The quantitative estimate of drug-likeness (QED) is 0.581. The predicted octanol–water partition coefficient (Wildman–Crippen LogP) is 3.31. The van der Waals surface area contributed by atoms with Gasteiger partial charge in [0.15, 0.2) is 0 Å². The lowest BCUT2D eigenvalue weighted by Gasteiger charge is -2.08. The molecule has 0 aliphatic carbocycles. The minimum Gasteiger partial charge on any atom is -0.319 e. The highest BCUT2D eigenvalue weighted by molar-refractivity contribution is 6.05. The Morgan fingerprint density at radius 1 is 1.20 bits per heavy atom. The summed E-state index contributed by atoms with van der Waals surface area (Å²) < 4.78 is 28.2. The lowest BCUT2D eigenvalue weighted by Crippen LogP contribution is -2.14. The van der Waals surface area contributed by atoms with Crippen molar-refractivity contribution in [2.75, 3.05) is 5.32 Å². The molecule has 1 heterocycles. The molecule has 3 rings (SSSR count). The molecule has 0 unspecified atom stereocenters. The lowest BCUT2D eigenvalue weighted by molar-refractivity contribution is -0.384. The largest absolute Gasteiger partial charge is 0.319 e. The molecule has 0 bridgehead atoms. The van der Waals surface area contributed by atoms with Crippen molar-refractivity contribution in [3.63, 3.8) is 0 Å². The fraction of sp³-hybridized carbons (Fsp3) is 0. The maximum Gasteiger partial charge on any atom is 0.294 e. The van der Waals surface area contributed by atoms with Gasteiger partial charge in [0.05, 0.1) is 16.9 Å². The molecule has 1 N–H and O–H groups in total. The van der Waals surface area contributed by atoms with Crippen LogP contribution >= 0.6 is 0 Å². The highest BCUT2D eigenvalue weighted by Gasteiger charge is 2.19. The average Bonchev–Trinajstić information content (AvgIpc) is 3.12. The highest BCUT2D eigenvalue weighted by atomic mass is 19.1. The van der Waals surface area contributed by atoms with Gasteiger partial charge >= 0.3 is 0 Å². The van der Waals surface area contributed by atoms with E-state index in [0.29, 0.717) is 0 Å². The number of carbonyl (C=O) groups excluding carboxylic acids is 1. The van der Waals surface area contributed by atoms with E-state index >= 15 is 0 Å². The number of hydrogen-bond donors (Lipinski definition) is 1. The monoisotopic (exact) mass is 344 g/mol. The third-order valence-electron chi connectivity index (χ3n) is 3.39. The fourth-order valence-electron chi connectivity index (χ4n) is 2.22. The second kappa shape index (κ2) is 6.48. The van der Waals surface area contributed by atoms with Crippen molar-refractivity contribution in [1.82, 2.24) is 9.55 Å². The van der Waals surface area contributed by atoms with Crippen LogP contribution in [0, 0.1) is 21.7 Å². The second-order valence-electron chi connectivity index (χ2n) is 5.01. The molecule has 0 fully saturated rings. The van der Waals surface area contributed by atoms with Gasteiger partial charge in [0.25, 0.3) is 11.6 Å². The number of nitro benzene ring substituents is 1. The molecule has 0 aliphatic heterocycles. The van der Waals surface area contributed by atoms with E-state index in [-0.39, 0.29) is 22.6 Å². The summed E-state index contributed by atoms with van der Waals surface area (Å²) in [5.41, 5.74) is -0.535. The van der Waals surface area contributed by atoms with Crippen molar-refractivity contribution in [3.8, 4) is 5.69 Å². The maximum atomic E-state index is 13.6. The Kier molecular flexibility index (Phi) is 4.21. The zero-order valence-corrected chi connectivity index (χ0v) is 12.5. The summed E-state index contributed by atoms with van der Waals surface area (Å²) in [4.78, 5) is 26.7. The summed E-state index contributed by atoms with van der Waals surface area (Å²) in [7, 11) is 0. The fourth-order valence-corrected chi connectivity index (χ4v) is 2.22. The Bertz CT molecular complexity index is 958. The molecule has 25 heavy (non-hydrogen) atoms. The standard InChI is InChI=1S/C16H10F2N4O3/c17-11-2-3-12(18)13(8-11)20-16(23)10-1-4-14(15(7-10)22(24)25)21-6-5-19-9-21/h1-9H,(H,20,23). The number of amides is 1. The van der Waals surface area contributed by atoms with Crippen LogP contribution in [0.2, 0.25) is 0 Å². The normalized spacial score (nSPS) is 10.5. The third kappa shape index (κ3) is 3.34.